The molecule has 3 aromatic rings. The van der Waals surface area contributed by atoms with Gasteiger partial charge < -0.3 is 24.6 Å². The Morgan fingerprint density at radius 1 is 1.07 bits per heavy atom. The normalized spacial score (nSPS) is 17.6. The summed E-state index contributed by atoms with van der Waals surface area (Å²) in [5.74, 6) is 0.729. The number of aliphatic imine (C=N–C) groups is 1. The monoisotopic (exact) mass is 585 g/mol. The second-order valence-electron chi connectivity index (χ2n) is 10.6. The van der Waals surface area contributed by atoms with E-state index in [0.29, 0.717) is 49.8 Å². The van der Waals surface area contributed by atoms with Gasteiger partial charge in [0.1, 0.15) is 5.75 Å². The average molecular weight is 586 g/mol. The van der Waals surface area contributed by atoms with Crippen molar-refractivity contribution in [3.05, 3.63) is 112 Å². The average Bonchev–Trinajstić information content (AvgIpc) is 3.40. The van der Waals surface area contributed by atoms with Crippen LogP contribution in [0.15, 0.2) is 89.0 Å². The Morgan fingerprint density at radius 3 is 2.53 bits per heavy atom. The topological polar surface area (TPSA) is 138 Å². The third-order valence-corrected chi connectivity index (χ3v) is 7.05. The second kappa shape index (κ2) is 15.7. The zero-order valence-corrected chi connectivity index (χ0v) is 24.7. The molecule has 0 radical (unpaired) electrons. The molecule has 1 amide bonds. The predicted octanol–water partition coefficient (Wildman–Crippen LogP) is 5.69. The van der Waals surface area contributed by atoms with Gasteiger partial charge in [-0.1, -0.05) is 59.7 Å². The van der Waals surface area contributed by atoms with Gasteiger partial charge in [0.15, 0.2) is 11.6 Å². The van der Waals surface area contributed by atoms with E-state index >= 15 is 0 Å². The van der Waals surface area contributed by atoms with Gasteiger partial charge in [0.25, 0.3) is 5.91 Å². The summed E-state index contributed by atoms with van der Waals surface area (Å²) >= 11 is 0. The number of aliphatic hydroxyl groups excluding tert-OH is 1. The number of hydrogen-bond donors (Lipinski definition) is 2. The molecule has 1 aliphatic heterocycles. The minimum absolute atomic E-state index is 0.0571. The summed E-state index contributed by atoms with van der Waals surface area (Å²) in [7, 11) is 0. The molecule has 10 heteroatoms. The third-order valence-electron chi connectivity index (χ3n) is 7.05. The van der Waals surface area contributed by atoms with Crippen molar-refractivity contribution in [1.82, 2.24) is 5.32 Å². The summed E-state index contributed by atoms with van der Waals surface area (Å²) in [5, 5.41) is 15.9. The zero-order valence-electron chi connectivity index (χ0n) is 24.7. The summed E-state index contributed by atoms with van der Waals surface area (Å²) in [4.78, 5) is 22.3. The molecule has 0 aliphatic carbocycles. The standard InChI is InChI=1S/C33H39N5O5/c1-24(2)41-20-8-18-35-32(40)33(22-25-10-4-3-5-11-25)30(29-13-7-6-12-27(29)23-36-38-34)43-31(37-33)26-14-16-28(17-15-26)42-21-9-19-39/h3-7,10-17,24,30,39H,8-9,18-23H2,1-2H3,(H,35,40)/t30-,33-/m1/s1. The van der Waals surface area contributed by atoms with Gasteiger partial charge in [-0.05, 0) is 66.8 Å². The largest absolute Gasteiger partial charge is 0.494 e. The van der Waals surface area contributed by atoms with Gasteiger partial charge in [0.05, 0.1) is 19.3 Å². The Labute approximate surface area is 252 Å². The fraction of sp³-hybridized carbons (Fsp3) is 0.394. The van der Waals surface area contributed by atoms with Crippen molar-refractivity contribution < 1.29 is 24.1 Å². The van der Waals surface area contributed by atoms with Gasteiger partial charge in [-0.3, -0.25) is 4.79 Å². The van der Waals surface area contributed by atoms with Crippen molar-refractivity contribution in [2.45, 2.75) is 57.4 Å². The molecule has 10 nitrogen and oxygen atoms in total. The van der Waals surface area contributed by atoms with Crippen LogP contribution in [-0.2, 0) is 27.2 Å². The molecule has 0 bridgehead atoms. The molecule has 0 saturated heterocycles. The van der Waals surface area contributed by atoms with E-state index in [1.807, 2.05) is 92.7 Å². The highest BCUT2D eigenvalue weighted by Gasteiger charge is 2.53. The van der Waals surface area contributed by atoms with Crippen LogP contribution in [0.3, 0.4) is 0 Å². The number of aliphatic hydroxyl groups is 1. The van der Waals surface area contributed by atoms with Crippen LogP contribution in [0.1, 0.15) is 55.0 Å². The molecule has 0 spiro atoms. The minimum atomic E-state index is -1.35. The van der Waals surface area contributed by atoms with Crippen molar-refractivity contribution in [2.75, 3.05) is 26.4 Å². The summed E-state index contributed by atoms with van der Waals surface area (Å²) < 4.78 is 18.0. The van der Waals surface area contributed by atoms with E-state index in [9.17, 15) is 4.79 Å². The van der Waals surface area contributed by atoms with Gasteiger partial charge in [0, 0.05) is 43.1 Å². The van der Waals surface area contributed by atoms with E-state index in [-0.39, 0.29) is 31.6 Å². The van der Waals surface area contributed by atoms with Gasteiger partial charge in [-0.25, -0.2) is 4.99 Å². The molecule has 4 rings (SSSR count). The summed E-state index contributed by atoms with van der Waals surface area (Å²) in [6, 6.07) is 24.6. The lowest BCUT2D eigenvalue weighted by molar-refractivity contribution is -0.129. The highest BCUT2D eigenvalue weighted by molar-refractivity contribution is 6.01. The van der Waals surface area contributed by atoms with Crippen LogP contribution in [0, 0.1) is 0 Å². The van der Waals surface area contributed by atoms with Crippen LogP contribution in [0.25, 0.3) is 10.4 Å². The Kier molecular flexibility index (Phi) is 11.6. The number of ether oxygens (including phenoxy) is 3. The highest BCUT2D eigenvalue weighted by Crippen LogP contribution is 2.43. The molecule has 0 unspecified atom stereocenters. The van der Waals surface area contributed by atoms with Crippen LogP contribution in [0.4, 0.5) is 0 Å². The molecule has 1 heterocycles. The molecule has 0 aromatic heterocycles. The number of nitrogens with one attached hydrogen (secondary N) is 1. The zero-order chi connectivity index (χ0) is 30.5. The van der Waals surface area contributed by atoms with Crippen molar-refractivity contribution in [3.63, 3.8) is 0 Å². The smallest absolute Gasteiger partial charge is 0.252 e. The summed E-state index contributed by atoms with van der Waals surface area (Å²) in [6.07, 6.45) is 0.793. The Hall–Kier alpha value is -4.37. The fourth-order valence-corrected chi connectivity index (χ4v) is 4.95. The lowest BCUT2D eigenvalue weighted by atomic mass is 9.80. The predicted molar refractivity (Wildman–Crippen MR) is 165 cm³/mol. The lowest BCUT2D eigenvalue weighted by Crippen LogP contribution is -2.50. The van der Waals surface area contributed by atoms with Crippen LogP contribution in [0.5, 0.6) is 5.75 Å². The molecule has 3 aromatic carbocycles. The van der Waals surface area contributed by atoms with Crippen LogP contribution in [-0.4, -0.2) is 54.9 Å². The van der Waals surface area contributed by atoms with Crippen molar-refractivity contribution in [3.8, 4) is 5.75 Å². The first kappa shape index (κ1) is 31.6. The molecule has 226 valence electrons. The number of amides is 1. The quantitative estimate of drug-likeness (QED) is 0.0963. The Bertz CT molecular complexity index is 1410. The van der Waals surface area contributed by atoms with Crippen LogP contribution in [0.2, 0.25) is 0 Å². The number of nitrogens with zero attached hydrogens (tertiary/aromatic N) is 4. The first-order valence-corrected chi connectivity index (χ1v) is 14.6. The third kappa shape index (κ3) is 8.35. The number of hydrogen-bond acceptors (Lipinski definition) is 7. The minimum Gasteiger partial charge on any atom is -0.494 e. The van der Waals surface area contributed by atoms with Crippen molar-refractivity contribution in [1.29, 1.82) is 0 Å². The van der Waals surface area contributed by atoms with E-state index in [2.05, 4.69) is 15.3 Å². The first-order chi connectivity index (χ1) is 21.0. The van der Waals surface area contributed by atoms with E-state index in [1.54, 1.807) is 0 Å². The maximum Gasteiger partial charge on any atom is 0.252 e. The summed E-state index contributed by atoms with van der Waals surface area (Å²) in [6.45, 7) is 5.47. The van der Waals surface area contributed by atoms with Crippen molar-refractivity contribution in [2.24, 2.45) is 10.1 Å². The van der Waals surface area contributed by atoms with E-state index in [1.165, 1.54) is 0 Å². The van der Waals surface area contributed by atoms with Gasteiger partial charge >= 0.3 is 0 Å². The van der Waals surface area contributed by atoms with Crippen molar-refractivity contribution >= 4 is 11.8 Å². The molecule has 0 saturated carbocycles. The summed E-state index contributed by atoms with van der Waals surface area (Å²) in [5.41, 5.74) is 10.8. The maximum atomic E-state index is 14.3. The Morgan fingerprint density at radius 2 is 1.81 bits per heavy atom. The highest BCUT2D eigenvalue weighted by atomic mass is 16.5. The number of carbonyl (C=O) groups is 1. The first-order valence-electron chi connectivity index (χ1n) is 14.6. The maximum absolute atomic E-state index is 14.3. The molecular weight excluding hydrogens is 546 g/mol. The molecule has 1 aliphatic rings. The number of benzene rings is 3. The molecule has 2 N–H and O–H groups in total. The molecule has 2 atom stereocenters. The lowest BCUT2D eigenvalue weighted by Gasteiger charge is -2.32. The Balaban J connectivity index is 1.75. The van der Waals surface area contributed by atoms with Gasteiger partial charge in [-0.2, -0.15) is 0 Å². The molecule has 43 heavy (non-hydrogen) atoms. The fourth-order valence-electron chi connectivity index (χ4n) is 4.95. The van der Waals surface area contributed by atoms with E-state index in [0.717, 1.165) is 16.7 Å². The SMILES string of the molecule is CC(C)OCCCNC(=O)[C@]1(Cc2ccccc2)N=C(c2ccc(OCCCO)cc2)O[C@@H]1c1ccccc1CN=[N+]=[N-]. The van der Waals surface area contributed by atoms with E-state index in [4.69, 9.17) is 29.8 Å². The molecular formula is C33H39N5O5. The van der Waals surface area contributed by atoms with Crippen LogP contribution >= 0.6 is 0 Å². The molecule has 0 fully saturated rings. The number of rotatable bonds is 16. The number of azide groups is 1. The van der Waals surface area contributed by atoms with Gasteiger partial charge in [-0.15, -0.1) is 0 Å². The van der Waals surface area contributed by atoms with E-state index < -0.39 is 11.6 Å². The second-order valence-corrected chi connectivity index (χ2v) is 10.6. The van der Waals surface area contributed by atoms with Crippen LogP contribution < -0.4 is 10.1 Å². The van der Waals surface area contributed by atoms with Gasteiger partial charge in [0.2, 0.25) is 5.90 Å². The number of carbonyl (C=O) groups excluding carboxylic acids is 1.